The molecule has 0 radical (unpaired) electrons. The van der Waals surface area contributed by atoms with Gasteiger partial charge in [-0.25, -0.2) is 0 Å². The van der Waals surface area contributed by atoms with Crippen molar-refractivity contribution in [3.8, 4) is 0 Å². The van der Waals surface area contributed by atoms with Crippen LogP contribution in [0, 0.1) is 0 Å². The summed E-state index contributed by atoms with van der Waals surface area (Å²) >= 11 is 0. The number of benzene rings is 1. The summed E-state index contributed by atoms with van der Waals surface area (Å²) in [6, 6.07) is 10.4. The molecule has 4 heteroatoms. The van der Waals surface area contributed by atoms with Crippen molar-refractivity contribution in [2.24, 2.45) is 0 Å². The topological polar surface area (TPSA) is 41.1 Å². The van der Waals surface area contributed by atoms with Gasteiger partial charge in [-0.05, 0) is 32.4 Å². The van der Waals surface area contributed by atoms with Gasteiger partial charge in [0.05, 0.1) is 5.41 Å². The van der Waals surface area contributed by atoms with Crippen LogP contribution in [0.4, 0.5) is 0 Å². The monoisotopic (exact) mass is 298 g/mol. The largest absolute Gasteiger partial charge is 0.354 e. The molecule has 0 bridgehead atoms. The first kappa shape index (κ1) is 18.9. The molecule has 2 N–H and O–H groups in total. The summed E-state index contributed by atoms with van der Waals surface area (Å²) in [6.45, 7) is 6.88. The van der Waals surface area contributed by atoms with Crippen molar-refractivity contribution in [3.05, 3.63) is 35.9 Å². The molecular formula is C16H27ClN2O. The summed E-state index contributed by atoms with van der Waals surface area (Å²) in [6.07, 6.45) is 1.63. The molecular weight excluding hydrogens is 272 g/mol. The van der Waals surface area contributed by atoms with Crippen LogP contribution in [0.25, 0.3) is 0 Å². The highest BCUT2D eigenvalue weighted by molar-refractivity contribution is 5.88. The van der Waals surface area contributed by atoms with Gasteiger partial charge in [-0.15, -0.1) is 12.4 Å². The third-order valence-corrected chi connectivity index (χ3v) is 4.03. The van der Waals surface area contributed by atoms with Gasteiger partial charge in [-0.3, -0.25) is 4.79 Å². The molecule has 114 valence electrons. The quantitative estimate of drug-likeness (QED) is 0.813. The normalized spacial score (nSPS) is 12.4. The van der Waals surface area contributed by atoms with Gasteiger partial charge in [0.25, 0.3) is 0 Å². The van der Waals surface area contributed by atoms with Gasteiger partial charge in [-0.2, -0.15) is 0 Å². The molecule has 1 amide bonds. The Hall–Kier alpha value is -1.06. The van der Waals surface area contributed by atoms with Crippen molar-refractivity contribution in [1.82, 2.24) is 10.6 Å². The fourth-order valence-corrected chi connectivity index (χ4v) is 2.38. The molecule has 1 rings (SSSR count). The average molecular weight is 299 g/mol. The Balaban J connectivity index is 0.00000361. The maximum absolute atomic E-state index is 12.6. The Bertz CT molecular complexity index is 391. The number of amides is 1. The first-order chi connectivity index (χ1) is 9.10. The number of carbonyl (C=O) groups excluding carboxylic acids is 1. The molecule has 20 heavy (non-hydrogen) atoms. The van der Waals surface area contributed by atoms with Crippen molar-refractivity contribution >= 4 is 18.3 Å². The van der Waals surface area contributed by atoms with Crippen molar-refractivity contribution in [1.29, 1.82) is 0 Å². The highest BCUT2D eigenvalue weighted by Crippen LogP contribution is 2.31. The Morgan fingerprint density at radius 2 is 1.75 bits per heavy atom. The van der Waals surface area contributed by atoms with Crippen LogP contribution in [-0.4, -0.2) is 25.5 Å². The molecule has 0 aliphatic rings. The minimum Gasteiger partial charge on any atom is -0.354 e. The Morgan fingerprint density at radius 1 is 1.20 bits per heavy atom. The highest BCUT2D eigenvalue weighted by Gasteiger charge is 2.36. The maximum Gasteiger partial charge on any atom is 0.230 e. The number of carbonyl (C=O) groups is 1. The van der Waals surface area contributed by atoms with Gasteiger partial charge >= 0.3 is 0 Å². The Labute approximate surface area is 128 Å². The molecule has 0 heterocycles. The Morgan fingerprint density at radius 3 is 2.20 bits per heavy atom. The summed E-state index contributed by atoms with van der Waals surface area (Å²) in [4.78, 5) is 12.6. The molecule has 1 aromatic carbocycles. The third kappa shape index (κ3) is 4.22. The number of rotatable bonds is 7. The van der Waals surface area contributed by atoms with Crippen molar-refractivity contribution < 1.29 is 4.79 Å². The molecule has 1 unspecified atom stereocenters. The van der Waals surface area contributed by atoms with E-state index in [1.807, 2.05) is 37.4 Å². The minimum atomic E-state index is -0.408. The van der Waals surface area contributed by atoms with Gasteiger partial charge in [0.1, 0.15) is 0 Å². The van der Waals surface area contributed by atoms with E-state index in [0.717, 1.165) is 18.4 Å². The molecule has 1 aromatic rings. The molecule has 1 atom stereocenters. The van der Waals surface area contributed by atoms with E-state index in [2.05, 4.69) is 31.4 Å². The number of likely N-dealkylation sites (N-methyl/N-ethyl adjacent to an activating group) is 1. The third-order valence-electron chi connectivity index (χ3n) is 4.03. The number of nitrogens with one attached hydrogen (secondary N) is 2. The number of hydrogen-bond donors (Lipinski definition) is 2. The summed E-state index contributed by atoms with van der Waals surface area (Å²) in [5, 5.41) is 6.21. The first-order valence-corrected chi connectivity index (χ1v) is 7.11. The van der Waals surface area contributed by atoms with E-state index in [4.69, 9.17) is 0 Å². The van der Waals surface area contributed by atoms with Crippen LogP contribution < -0.4 is 10.6 Å². The van der Waals surface area contributed by atoms with E-state index in [-0.39, 0.29) is 24.4 Å². The SMILES string of the molecule is CCC(CC)(C(=O)NCC(C)NC)c1ccccc1.Cl. The maximum atomic E-state index is 12.6. The molecule has 0 fully saturated rings. The van der Waals surface area contributed by atoms with E-state index < -0.39 is 5.41 Å². The second-order valence-electron chi connectivity index (χ2n) is 5.05. The molecule has 0 saturated heterocycles. The zero-order chi connectivity index (χ0) is 14.3. The average Bonchev–Trinajstić information content (AvgIpc) is 2.47. The lowest BCUT2D eigenvalue weighted by molar-refractivity contribution is -0.127. The van der Waals surface area contributed by atoms with Gasteiger partial charge in [0.2, 0.25) is 5.91 Å². The van der Waals surface area contributed by atoms with Crippen molar-refractivity contribution in [2.75, 3.05) is 13.6 Å². The van der Waals surface area contributed by atoms with Crippen LogP contribution in [0.15, 0.2) is 30.3 Å². The fourth-order valence-electron chi connectivity index (χ4n) is 2.38. The molecule has 0 spiro atoms. The minimum absolute atomic E-state index is 0. The lowest BCUT2D eigenvalue weighted by atomic mass is 9.75. The summed E-state index contributed by atoms with van der Waals surface area (Å²) < 4.78 is 0. The molecule has 0 aromatic heterocycles. The van der Waals surface area contributed by atoms with Crippen LogP contribution >= 0.6 is 12.4 Å². The number of halogens is 1. The van der Waals surface area contributed by atoms with E-state index in [1.165, 1.54) is 0 Å². The van der Waals surface area contributed by atoms with Gasteiger partial charge in [0.15, 0.2) is 0 Å². The van der Waals surface area contributed by atoms with Crippen LogP contribution in [0.3, 0.4) is 0 Å². The van der Waals surface area contributed by atoms with Crippen LogP contribution in [0.5, 0.6) is 0 Å². The zero-order valence-electron chi connectivity index (χ0n) is 12.9. The van der Waals surface area contributed by atoms with Gasteiger partial charge < -0.3 is 10.6 Å². The summed E-state index contributed by atoms with van der Waals surface area (Å²) in [7, 11) is 1.90. The standard InChI is InChI=1S/C16H26N2O.ClH/c1-5-16(6-2,14-10-8-7-9-11-14)15(19)18-12-13(3)17-4;/h7-11,13,17H,5-6,12H2,1-4H3,(H,18,19);1H. The molecule has 3 nitrogen and oxygen atoms in total. The predicted molar refractivity (Wildman–Crippen MR) is 87.5 cm³/mol. The van der Waals surface area contributed by atoms with Gasteiger partial charge in [0, 0.05) is 12.6 Å². The van der Waals surface area contributed by atoms with Crippen LogP contribution in [0.1, 0.15) is 39.2 Å². The lowest BCUT2D eigenvalue weighted by Gasteiger charge is -2.31. The highest BCUT2D eigenvalue weighted by atomic mass is 35.5. The first-order valence-electron chi connectivity index (χ1n) is 7.11. The van der Waals surface area contributed by atoms with E-state index in [1.54, 1.807) is 0 Å². The molecule has 0 aliphatic carbocycles. The van der Waals surface area contributed by atoms with Crippen molar-refractivity contribution in [2.45, 2.75) is 45.1 Å². The smallest absolute Gasteiger partial charge is 0.230 e. The predicted octanol–water partition coefficient (Wildman–Crippen LogP) is 2.89. The second kappa shape index (κ2) is 8.98. The summed E-state index contributed by atoms with van der Waals surface area (Å²) in [5.41, 5.74) is 0.698. The Kier molecular flexibility index (Phi) is 8.51. The second-order valence-corrected chi connectivity index (χ2v) is 5.05. The fraction of sp³-hybridized carbons (Fsp3) is 0.562. The van der Waals surface area contributed by atoms with Gasteiger partial charge in [-0.1, -0.05) is 44.2 Å². The summed E-state index contributed by atoms with van der Waals surface area (Å²) in [5.74, 6) is 0.130. The zero-order valence-corrected chi connectivity index (χ0v) is 13.7. The van der Waals surface area contributed by atoms with Crippen LogP contribution in [-0.2, 0) is 10.2 Å². The van der Waals surface area contributed by atoms with Crippen molar-refractivity contribution in [3.63, 3.8) is 0 Å². The van der Waals surface area contributed by atoms with E-state index in [9.17, 15) is 4.79 Å². The number of hydrogen-bond acceptors (Lipinski definition) is 2. The van der Waals surface area contributed by atoms with Crippen LogP contribution in [0.2, 0.25) is 0 Å². The van der Waals surface area contributed by atoms with E-state index in [0.29, 0.717) is 6.54 Å². The molecule has 0 saturated carbocycles. The van der Waals surface area contributed by atoms with E-state index >= 15 is 0 Å². The lowest BCUT2D eigenvalue weighted by Crippen LogP contribution is -2.47. The molecule has 0 aliphatic heterocycles.